The van der Waals surface area contributed by atoms with E-state index in [2.05, 4.69) is 15.2 Å². The maximum absolute atomic E-state index is 13.1. The minimum atomic E-state index is -0.911. The van der Waals surface area contributed by atoms with Crippen LogP contribution in [0.5, 0.6) is 5.75 Å². The van der Waals surface area contributed by atoms with Crippen LogP contribution in [0.25, 0.3) is 0 Å². The molecule has 1 N–H and O–H groups in total. The van der Waals surface area contributed by atoms with Crippen LogP contribution in [-0.2, 0) is 4.74 Å². The zero-order chi connectivity index (χ0) is 17.4. The summed E-state index contributed by atoms with van der Waals surface area (Å²) >= 11 is 0. The number of aliphatic imine (C=N–C) groups is 1. The second kappa shape index (κ2) is 11.5. The van der Waals surface area contributed by atoms with Gasteiger partial charge in [-0.3, -0.25) is 0 Å². The summed E-state index contributed by atoms with van der Waals surface area (Å²) < 4.78 is 36.6. The molecule has 1 aromatic rings. The summed E-state index contributed by atoms with van der Waals surface area (Å²) in [5.41, 5.74) is 0. The Balaban J connectivity index is 0.00000312. The Morgan fingerprint density at radius 3 is 2.84 bits per heavy atom. The van der Waals surface area contributed by atoms with Crippen LogP contribution >= 0.6 is 24.0 Å². The summed E-state index contributed by atoms with van der Waals surface area (Å²) in [6.07, 6.45) is 1.09. The molecule has 142 valence electrons. The van der Waals surface area contributed by atoms with Gasteiger partial charge in [0, 0.05) is 38.7 Å². The van der Waals surface area contributed by atoms with Gasteiger partial charge in [0.25, 0.3) is 0 Å². The van der Waals surface area contributed by atoms with Crippen molar-refractivity contribution in [2.75, 3.05) is 46.5 Å². The maximum Gasteiger partial charge on any atom is 0.194 e. The first kappa shape index (κ1) is 21.9. The SMILES string of the molecule is CCNC(=NCCOc1ccc(F)c(F)c1)N1CCC(COC)C1.I. The van der Waals surface area contributed by atoms with Crippen LogP contribution in [0.1, 0.15) is 13.3 Å². The Hall–Kier alpha value is -1.16. The molecule has 2 rings (SSSR count). The van der Waals surface area contributed by atoms with Crippen molar-refractivity contribution in [1.29, 1.82) is 0 Å². The van der Waals surface area contributed by atoms with Gasteiger partial charge in [0.05, 0.1) is 13.2 Å². The van der Waals surface area contributed by atoms with Crippen LogP contribution in [0.15, 0.2) is 23.2 Å². The molecule has 0 aliphatic carbocycles. The highest BCUT2D eigenvalue weighted by atomic mass is 127. The first-order chi connectivity index (χ1) is 11.6. The number of methoxy groups -OCH3 is 1. The van der Waals surface area contributed by atoms with Crippen molar-refractivity contribution in [3.05, 3.63) is 29.8 Å². The molecular formula is C17H26F2IN3O2. The van der Waals surface area contributed by atoms with Crippen LogP contribution in [0, 0.1) is 17.6 Å². The second-order valence-corrected chi connectivity index (χ2v) is 5.72. The fraction of sp³-hybridized carbons (Fsp3) is 0.588. The number of nitrogens with one attached hydrogen (secondary N) is 1. The molecule has 25 heavy (non-hydrogen) atoms. The molecule has 0 radical (unpaired) electrons. The average molecular weight is 469 g/mol. The highest BCUT2D eigenvalue weighted by Crippen LogP contribution is 2.17. The summed E-state index contributed by atoms with van der Waals surface area (Å²) in [4.78, 5) is 6.76. The summed E-state index contributed by atoms with van der Waals surface area (Å²) in [5.74, 6) is -0.113. The van der Waals surface area contributed by atoms with E-state index in [-0.39, 0.29) is 24.0 Å². The largest absolute Gasteiger partial charge is 0.492 e. The lowest BCUT2D eigenvalue weighted by molar-refractivity contribution is 0.157. The molecular weight excluding hydrogens is 443 g/mol. The van der Waals surface area contributed by atoms with Gasteiger partial charge in [-0.05, 0) is 25.5 Å². The van der Waals surface area contributed by atoms with E-state index in [1.165, 1.54) is 6.07 Å². The second-order valence-electron chi connectivity index (χ2n) is 5.72. The van der Waals surface area contributed by atoms with E-state index >= 15 is 0 Å². The third kappa shape index (κ3) is 6.93. The van der Waals surface area contributed by atoms with Crippen molar-refractivity contribution >= 4 is 29.9 Å². The molecule has 1 aromatic carbocycles. The number of guanidine groups is 1. The van der Waals surface area contributed by atoms with Crippen molar-refractivity contribution in [1.82, 2.24) is 10.2 Å². The molecule has 5 nitrogen and oxygen atoms in total. The summed E-state index contributed by atoms with van der Waals surface area (Å²) in [7, 11) is 1.72. The molecule has 1 aliphatic rings. The fourth-order valence-electron chi connectivity index (χ4n) is 2.70. The molecule has 0 spiro atoms. The Morgan fingerprint density at radius 2 is 2.16 bits per heavy atom. The number of hydrogen-bond acceptors (Lipinski definition) is 3. The Labute approximate surface area is 164 Å². The topological polar surface area (TPSA) is 46.1 Å². The van der Waals surface area contributed by atoms with E-state index in [1.807, 2.05) is 6.92 Å². The first-order valence-corrected chi connectivity index (χ1v) is 8.24. The van der Waals surface area contributed by atoms with Gasteiger partial charge in [0.2, 0.25) is 0 Å². The van der Waals surface area contributed by atoms with Gasteiger partial charge in [-0.15, -0.1) is 24.0 Å². The molecule has 1 heterocycles. The number of ether oxygens (including phenoxy) is 2. The van der Waals surface area contributed by atoms with Crippen molar-refractivity contribution in [3.8, 4) is 5.75 Å². The maximum atomic E-state index is 13.1. The molecule has 0 amide bonds. The molecule has 1 aliphatic heterocycles. The Bertz CT molecular complexity index is 561. The van der Waals surface area contributed by atoms with Crippen LogP contribution < -0.4 is 10.1 Å². The monoisotopic (exact) mass is 469 g/mol. The quantitative estimate of drug-likeness (QED) is 0.289. The van der Waals surface area contributed by atoms with Crippen LogP contribution in [0.2, 0.25) is 0 Å². The average Bonchev–Trinajstić information content (AvgIpc) is 3.02. The third-order valence-electron chi connectivity index (χ3n) is 3.84. The number of halogens is 3. The lowest BCUT2D eigenvalue weighted by Gasteiger charge is -2.21. The van der Waals surface area contributed by atoms with Gasteiger partial charge in [-0.1, -0.05) is 0 Å². The lowest BCUT2D eigenvalue weighted by atomic mass is 10.1. The summed E-state index contributed by atoms with van der Waals surface area (Å²) in [6.45, 7) is 6.18. The number of hydrogen-bond donors (Lipinski definition) is 1. The summed E-state index contributed by atoms with van der Waals surface area (Å²) in [5, 5.41) is 3.27. The van der Waals surface area contributed by atoms with Crippen LogP contribution in [0.4, 0.5) is 8.78 Å². The predicted octanol–water partition coefficient (Wildman–Crippen LogP) is 2.90. The zero-order valence-electron chi connectivity index (χ0n) is 14.6. The van der Waals surface area contributed by atoms with E-state index in [4.69, 9.17) is 9.47 Å². The van der Waals surface area contributed by atoms with Gasteiger partial charge in [0.15, 0.2) is 17.6 Å². The van der Waals surface area contributed by atoms with Crippen molar-refractivity contribution in [2.45, 2.75) is 13.3 Å². The van der Waals surface area contributed by atoms with Crippen molar-refractivity contribution in [2.24, 2.45) is 10.9 Å². The van der Waals surface area contributed by atoms with E-state index < -0.39 is 11.6 Å². The first-order valence-electron chi connectivity index (χ1n) is 8.24. The highest BCUT2D eigenvalue weighted by Gasteiger charge is 2.24. The van der Waals surface area contributed by atoms with E-state index in [9.17, 15) is 8.78 Å². The lowest BCUT2D eigenvalue weighted by Crippen LogP contribution is -2.40. The minimum absolute atomic E-state index is 0. The number of likely N-dealkylation sites (tertiary alicyclic amines) is 1. The van der Waals surface area contributed by atoms with E-state index in [0.29, 0.717) is 24.8 Å². The van der Waals surface area contributed by atoms with Gasteiger partial charge in [-0.25, -0.2) is 13.8 Å². The predicted molar refractivity (Wildman–Crippen MR) is 105 cm³/mol. The Morgan fingerprint density at radius 1 is 1.36 bits per heavy atom. The molecule has 1 fully saturated rings. The van der Waals surface area contributed by atoms with E-state index in [1.54, 1.807) is 7.11 Å². The molecule has 0 bridgehead atoms. The standard InChI is InChI=1S/C17H25F2N3O2.HI/c1-3-20-17(22-8-6-13(11-22)12-23-2)21-7-9-24-14-4-5-15(18)16(19)10-14;/h4-5,10,13H,3,6-9,11-12H2,1-2H3,(H,20,21);1H. The minimum Gasteiger partial charge on any atom is -0.492 e. The molecule has 0 aromatic heterocycles. The molecule has 1 saturated heterocycles. The smallest absolute Gasteiger partial charge is 0.194 e. The van der Waals surface area contributed by atoms with Gasteiger partial charge >= 0.3 is 0 Å². The number of nitrogens with zero attached hydrogens (tertiary/aromatic N) is 2. The third-order valence-corrected chi connectivity index (χ3v) is 3.84. The van der Waals surface area contributed by atoms with Crippen molar-refractivity contribution < 1.29 is 18.3 Å². The van der Waals surface area contributed by atoms with Gasteiger partial charge in [0.1, 0.15) is 12.4 Å². The normalized spacial score (nSPS) is 17.4. The van der Waals surface area contributed by atoms with Gasteiger partial charge in [-0.2, -0.15) is 0 Å². The molecule has 8 heteroatoms. The summed E-state index contributed by atoms with van der Waals surface area (Å²) in [6, 6.07) is 3.50. The van der Waals surface area contributed by atoms with Crippen LogP contribution in [0.3, 0.4) is 0 Å². The molecule has 1 atom stereocenters. The number of benzene rings is 1. The highest BCUT2D eigenvalue weighted by molar-refractivity contribution is 14.0. The molecule has 0 saturated carbocycles. The fourth-order valence-corrected chi connectivity index (χ4v) is 2.70. The Kier molecular flexibility index (Phi) is 10.0. The van der Waals surface area contributed by atoms with Crippen LogP contribution in [-0.4, -0.2) is 57.4 Å². The molecule has 1 unspecified atom stereocenters. The van der Waals surface area contributed by atoms with E-state index in [0.717, 1.165) is 50.8 Å². The number of rotatable bonds is 7. The zero-order valence-corrected chi connectivity index (χ0v) is 17.0. The van der Waals surface area contributed by atoms with Crippen molar-refractivity contribution in [3.63, 3.8) is 0 Å². The van der Waals surface area contributed by atoms with Gasteiger partial charge < -0.3 is 19.7 Å².